The zero-order chi connectivity index (χ0) is 11.5. The second kappa shape index (κ2) is 10.2. The fraction of sp³-hybridized carbons (Fsp3) is 1.00. The van der Waals surface area contributed by atoms with Crippen LogP contribution in [0.5, 0.6) is 0 Å². The third-order valence-electron chi connectivity index (χ3n) is 4.14. The van der Waals surface area contributed by atoms with Crippen LogP contribution in [0.25, 0.3) is 0 Å². The van der Waals surface area contributed by atoms with Crippen LogP contribution in [-0.2, 0) is 0 Å². The quantitative estimate of drug-likeness (QED) is 0.466. The lowest BCUT2D eigenvalue weighted by atomic mass is 9.91. The minimum atomic E-state index is 1.04. The van der Waals surface area contributed by atoms with E-state index in [0.29, 0.717) is 0 Å². The van der Waals surface area contributed by atoms with Crippen molar-refractivity contribution in [3.63, 3.8) is 0 Å². The molecule has 2 fully saturated rings. The van der Waals surface area contributed by atoms with Crippen LogP contribution < -0.4 is 0 Å². The summed E-state index contributed by atoms with van der Waals surface area (Å²) < 4.78 is 0. The molecule has 0 atom stereocenters. The van der Waals surface area contributed by atoms with E-state index in [4.69, 9.17) is 0 Å². The maximum absolute atomic E-state index is 2.36. The highest BCUT2D eigenvalue weighted by Crippen LogP contribution is 2.22. The van der Waals surface area contributed by atoms with Gasteiger partial charge in [-0.2, -0.15) is 0 Å². The Morgan fingerprint density at radius 3 is 0.875 bits per heavy atom. The van der Waals surface area contributed by atoms with Crippen molar-refractivity contribution >= 4 is 0 Å². The Balaban J connectivity index is 0.000000165. The largest absolute Gasteiger partial charge is 0.0625 e. The van der Waals surface area contributed by atoms with E-state index in [0.717, 1.165) is 5.92 Å². The molecular formula is C16H32. The van der Waals surface area contributed by atoms with E-state index >= 15 is 0 Å². The number of hydrogen-bond donors (Lipinski definition) is 0. The Kier molecular flexibility index (Phi) is 8.94. The molecule has 2 saturated carbocycles. The molecule has 0 spiro atoms. The Morgan fingerprint density at radius 1 is 0.438 bits per heavy atom. The normalized spacial score (nSPS) is 24.6. The molecule has 0 unspecified atom stereocenters. The molecule has 2 aliphatic rings. The van der Waals surface area contributed by atoms with Gasteiger partial charge >= 0.3 is 0 Å². The third kappa shape index (κ3) is 8.19. The van der Waals surface area contributed by atoms with Crippen molar-refractivity contribution in [3.05, 3.63) is 0 Å². The van der Waals surface area contributed by atoms with Crippen molar-refractivity contribution in [2.24, 2.45) is 5.92 Å². The fourth-order valence-electron chi connectivity index (χ4n) is 2.90. The lowest BCUT2D eigenvalue weighted by Crippen LogP contribution is -1.99. The van der Waals surface area contributed by atoms with E-state index in [9.17, 15) is 0 Å². The van der Waals surface area contributed by atoms with Gasteiger partial charge in [-0.05, 0) is 5.92 Å². The second-order valence-corrected chi connectivity index (χ2v) is 5.93. The second-order valence-electron chi connectivity index (χ2n) is 5.93. The first-order valence-corrected chi connectivity index (χ1v) is 7.89. The fourth-order valence-corrected chi connectivity index (χ4v) is 2.90. The molecular weight excluding hydrogens is 192 g/mol. The van der Waals surface area contributed by atoms with Crippen LogP contribution >= 0.6 is 0 Å². The van der Waals surface area contributed by atoms with Gasteiger partial charge < -0.3 is 0 Å². The topological polar surface area (TPSA) is 0 Å². The summed E-state index contributed by atoms with van der Waals surface area (Å²) in [7, 11) is 0. The van der Waals surface area contributed by atoms with Gasteiger partial charge in [0.1, 0.15) is 0 Å². The van der Waals surface area contributed by atoms with E-state index in [-0.39, 0.29) is 0 Å². The van der Waals surface area contributed by atoms with E-state index in [2.05, 4.69) is 6.92 Å². The minimum Gasteiger partial charge on any atom is -0.0625 e. The van der Waals surface area contributed by atoms with Crippen molar-refractivity contribution in [1.82, 2.24) is 0 Å². The van der Waals surface area contributed by atoms with Crippen LogP contribution in [0.1, 0.15) is 96.8 Å². The molecule has 0 nitrogen and oxygen atoms in total. The minimum absolute atomic E-state index is 1.04. The summed E-state index contributed by atoms with van der Waals surface area (Å²) in [5.41, 5.74) is 0. The average Bonchev–Trinajstić information content (AvgIpc) is 2.46. The van der Waals surface area contributed by atoms with E-state index in [1.165, 1.54) is 89.9 Å². The van der Waals surface area contributed by atoms with Gasteiger partial charge in [-0.25, -0.2) is 0 Å². The van der Waals surface area contributed by atoms with Gasteiger partial charge in [-0.3, -0.25) is 0 Å². The molecule has 0 bridgehead atoms. The molecule has 2 aliphatic carbocycles. The smallest absolute Gasteiger partial charge is 0.0443 e. The van der Waals surface area contributed by atoms with E-state index in [1.54, 1.807) is 0 Å². The molecule has 0 saturated heterocycles. The van der Waals surface area contributed by atoms with E-state index in [1.807, 2.05) is 0 Å². The van der Waals surface area contributed by atoms with Crippen LogP contribution in [0, 0.1) is 5.92 Å². The predicted molar refractivity (Wildman–Crippen MR) is 73.8 cm³/mol. The number of rotatable bonds is 0. The van der Waals surface area contributed by atoms with Crippen LogP contribution in [0.15, 0.2) is 0 Å². The van der Waals surface area contributed by atoms with Crippen LogP contribution in [0.4, 0.5) is 0 Å². The number of hydrogen-bond acceptors (Lipinski definition) is 0. The highest BCUT2D eigenvalue weighted by Gasteiger charge is 2.05. The van der Waals surface area contributed by atoms with Gasteiger partial charge in [0.2, 0.25) is 0 Å². The van der Waals surface area contributed by atoms with Crippen molar-refractivity contribution in [3.8, 4) is 0 Å². The first-order valence-electron chi connectivity index (χ1n) is 7.89. The monoisotopic (exact) mass is 224 g/mol. The van der Waals surface area contributed by atoms with Crippen molar-refractivity contribution in [2.45, 2.75) is 96.8 Å². The summed E-state index contributed by atoms with van der Waals surface area (Å²) >= 11 is 0. The first-order chi connectivity index (χ1) is 7.89. The lowest BCUT2D eigenvalue weighted by Gasteiger charge is -2.15. The molecule has 0 aromatic heterocycles. The molecule has 0 radical (unpaired) electrons. The highest BCUT2D eigenvalue weighted by atomic mass is 14.1. The van der Waals surface area contributed by atoms with Crippen molar-refractivity contribution < 1.29 is 0 Å². The van der Waals surface area contributed by atoms with Crippen LogP contribution in [-0.4, -0.2) is 0 Å². The predicted octanol–water partition coefficient (Wildman–Crippen LogP) is 6.10. The standard InChI is InChI=1S/C9H18.C7H14/c1-2-4-6-8-9-7-5-3-1;1-7-5-3-2-4-6-7/h1-9H2;7H,2-6H2,1H3. The molecule has 0 N–H and O–H groups in total. The molecule has 0 heterocycles. The average molecular weight is 224 g/mol. The molecule has 0 aromatic rings. The Bertz CT molecular complexity index is 104. The van der Waals surface area contributed by atoms with Crippen molar-refractivity contribution in [1.29, 1.82) is 0 Å². The van der Waals surface area contributed by atoms with Gasteiger partial charge in [-0.1, -0.05) is 96.8 Å². The van der Waals surface area contributed by atoms with Gasteiger partial charge in [0.05, 0.1) is 0 Å². The Morgan fingerprint density at radius 2 is 0.688 bits per heavy atom. The Labute approximate surface area is 103 Å². The SMILES string of the molecule is C1CCCCCCCC1.CC1CCCCC1. The van der Waals surface area contributed by atoms with Crippen molar-refractivity contribution in [2.75, 3.05) is 0 Å². The zero-order valence-corrected chi connectivity index (χ0v) is 11.5. The summed E-state index contributed by atoms with van der Waals surface area (Å²) in [6, 6.07) is 0. The van der Waals surface area contributed by atoms with E-state index < -0.39 is 0 Å². The third-order valence-corrected chi connectivity index (χ3v) is 4.14. The van der Waals surface area contributed by atoms with Gasteiger partial charge in [0, 0.05) is 0 Å². The molecule has 0 amide bonds. The van der Waals surface area contributed by atoms with Crippen LogP contribution in [0.2, 0.25) is 0 Å². The maximum Gasteiger partial charge on any atom is -0.0443 e. The highest BCUT2D eigenvalue weighted by molar-refractivity contribution is 4.59. The maximum atomic E-state index is 2.36. The molecule has 0 aliphatic heterocycles. The molecule has 96 valence electrons. The molecule has 0 aromatic carbocycles. The molecule has 2 rings (SSSR count). The molecule has 0 heteroatoms. The summed E-state index contributed by atoms with van der Waals surface area (Å²) in [6.45, 7) is 2.36. The zero-order valence-electron chi connectivity index (χ0n) is 11.5. The summed E-state index contributed by atoms with van der Waals surface area (Å²) in [6.07, 6.45) is 20.9. The lowest BCUT2D eigenvalue weighted by molar-refractivity contribution is 0.385. The van der Waals surface area contributed by atoms with Gasteiger partial charge in [0.15, 0.2) is 0 Å². The van der Waals surface area contributed by atoms with Gasteiger partial charge in [0.25, 0.3) is 0 Å². The summed E-state index contributed by atoms with van der Waals surface area (Å²) in [5.74, 6) is 1.04. The first kappa shape index (κ1) is 14.1. The molecule has 16 heavy (non-hydrogen) atoms. The summed E-state index contributed by atoms with van der Waals surface area (Å²) in [5, 5.41) is 0. The van der Waals surface area contributed by atoms with Crippen LogP contribution in [0.3, 0.4) is 0 Å². The summed E-state index contributed by atoms with van der Waals surface area (Å²) in [4.78, 5) is 0. The Hall–Kier alpha value is 0. The van der Waals surface area contributed by atoms with Gasteiger partial charge in [-0.15, -0.1) is 0 Å².